The molecule has 0 saturated heterocycles. The number of halogens is 2. The molecule has 0 spiro atoms. The molecular formula is C15H15Cl2NO. The smallest absolute Gasteiger partial charge is 0.143 e. The van der Waals surface area contributed by atoms with Crippen molar-refractivity contribution in [1.82, 2.24) is 5.16 Å². The van der Waals surface area contributed by atoms with Crippen molar-refractivity contribution in [3.05, 3.63) is 39.6 Å². The summed E-state index contributed by atoms with van der Waals surface area (Å²) < 4.78 is 5.57. The molecule has 1 aromatic heterocycles. The highest BCUT2D eigenvalue weighted by Crippen LogP contribution is 2.46. The van der Waals surface area contributed by atoms with Gasteiger partial charge in [0.25, 0.3) is 0 Å². The van der Waals surface area contributed by atoms with E-state index in [2.05, 4.69) is 12.1 Å². The molecule has 0 radical (unpaired) electrons. The molecule has 3 rings (SSSR count). The molecule has 0 N–H and O–H groups in total. The molecule has 1 aliphatic rings. The van der Waals surface area contributed by atoms with Crippen molar-refractivity contribution in [1.29, 1.82) is 0 Å². The van der Waals surface area contributed by atoms with E-state index < -0.39 is 0 Å². The summed E-state index contributed by atoms with van der Waals surface area (Å²) in [5.74, 6) is 1.58. The molecule has 0 atom stereocenters. The fraction of sp³-hybridized carbons (Fsp3) is 0.400. The van der Waals surface area contributed by atoms with Gasteiger partial charge in [-0.25, -0.2) is 0 Å². The van der Waals surface area contributed by atoms with Crippen LogP contribution in [-0.2, 0) is 6.42 Å². The van der Waals surface area contributed by atoms with Gasteiger partial charge in [-0.2, -0.15) is 0 Å². The van der Waals surface area contributed by atoms with Crippen molar-refractivity contribution in [3.63, 3.8) is 0 Å². The first-order valence-corrected chi connectivity index (χ1v) is 7.40. The monoisotopic (exact) mass is 295 g/mol. The Labute approximate surface area is 122 Å². The van der Waals surface area contributed by atoms with Crippen LogP contribution in [0.4, 0.5) is 0 Å². The summed E-state index contributed by atoms with van der Waals surface area (Å²) in [5.41, 5.74) is 2.80. The molecular weight excluding hydrogens is 281 g/mol. The number of aromatic nitrogens is 1. The molecule has 1 fully saturated rings. The van der Waals surface area contributed by atoms with Gasteiger partial charge in [0.1, 0.15) is 11.5 Å². The van der Waals surface area contributed by atoms with Crippen molar-refractivity contribution in [2.45, 2.75) is 38.5 Å². The van der Waals surface area contributed by atoms with Crippen LogP contribution in [0.25, 0.3) is 11.3 Å². The van der Waals surface area contributed by atoms with Gasteiger partial charge in [-0.05, 0) is 31.4 Å². The highest BCUT2D eigenvalue weighted by molar-refractivity contribution is 6.39. The van der Waals surface area contributed by atoms with E-state index in [9.17, 15) is 0 Å². The lowest BCUT2D eigenvalue weighted by Gasteiger charge is -2.06. The van der Waals surface area contributed by atoms with Crippen LogP contribution >= 0.6 is 23.2 Å². The van der Waals surface area contributed by atoms with Gasteiger partial charge in [-0.15, -0.1) is 0 Å². The fourth-order valence-electron chi connectivity index (χ4n) is 2.40. The lowest BCUT2D eigenvalue weighted by atomic mass is 10.0. The fourth-order valence-corrected chi connectivity index (χ4v) is 2.98. The molecule has 0 aliphatic heterocycles. The molecule has 1 saturated carbocycles. The van der Waals surface area contributed by atoms with E-state index in [-0.39, 0.29) is 0 Å². The molecule has 0 amide bonds. The highest BCUT2D eigenvalue weighted by atomic mass is 35.5. The molecule has 1 heterocycles. The van der Waals surface area contributed by atoms with Crippen molar-refractivity contribution in [2.24, 2.45) is 0 Å². The maximum absolute atomic E-state index is 6.27. The van der Waals surface area contributed by atoms with E-state index in [0.717, 1.165) is 29.9 Å². The normalized spacial score (nSPS) is 14.9. The van der Waals surface area contributed by atoms with Crippen molar-refractivity contribution in [3.8, 4) is 11.3 Å². The molecule has 0 bridgehead atoms. The van der Waals surface area contributed by atoms with Crippen LogP contribution in [0.3, 0.4) is 0 Å². The summed E-state index contributed by atoms with van der Waals surface area (Å²) in [5, 5.41) is 5.49. The largest absolute Gasteiger partial charge is 0.360 e. The van der Waals surface area contributed by atoms with Gasteiger partial charge >= 0.3 is 0 Å². The minimum absolute atomic E-state index is 0.545. The number of nitrogens with zero attached hydrogens (tertiary/aromatic N) is 1. The second-order valence-corrected chi connectivity index (χ2v) is 5.81. The zero-order valence-electron chi connectivity index (χ0n) is 10.7. The van der Waals surface area contributed by atoms with Crippen LogP contribution in [0.1, 0.15) is 43.4 Å². The maximum Gasteiger partial charge on any atom is 0.143 e. The Hall–Kier alpha value is -0.990. The van der Waals surface area contributed by atoms with Crippen LogP contribution in [0.15, 0.2) is 22.7 Å². The Morgan fingerprint density at radius 3 is 2.53 bits per heavy atom. The zero-order chi connectivity index (χ0) is 13.4. The van der Waals surface area contributed by atoms with E-state index in [1.54, 1.807) is 0 Å². The number of rotatable bonds is 4. The van der Waals surface area contributed by atoms with Gasteiger partial charge in [0.2, 0.25) is 0 Å². The van der Waals surface area contributed by atoms with Gasteiger partial charge in [0.15, 0.2) is 0 Å². The Balaban J connectivity index is 2.14. The Bertz CT molecular complexity index is 582. The molecule has 19 heavy (non-hydrogen) atoms. The topological polar surface area (TPSA) is 26.0 Å². The van der Waals surface area contributed by atoms with Crippen molar-refractivity contribution >= 4 is 23.2 Å². The molecule has 100 valence electrons. The third kappa shape index (κ3) is 2.39. The summed E-state index contributed by atoms with van der Waals surface area (Å²) in [4.78, 5) is 0. The quantitative estimate of drug-likeness (QED) is 0.746. The van der Waals surface area contributed by atoms with E-state index in [4.69, 9.17) is 27.7 Å². The Kier molecular flexibility index (Phi) is 3.55. The molecule has 1 aliphatic carbocycles. The van der Waals surface area contributed by atoms with Gasteiger partial charge in [-0.3, -0.25) is 0 Å². The minimum atomic E-state index is 0.545. The molecule has 2 nitrogen and oxygen atoms in total. The zero-order valence-corrected chi connectivity index (χ0v) is 12.3. The van der Waals surface area contributed by atoms with E-state index in [0.29, 0.717) is 16.0 Å². The first-order chi connectivity index (χ1) is 9.22. The van der Waals surface area contributed by atoms with Gasteiger partial charge in [-0.1, -0.05) is 47.8 Å². The standard InChI is InChI=1S/C15H15Cl2NO/c1-2-4-10-14(18-19-15(10)9-7-8-9)13-11(16)5-3-6-12(13)17/h3,5-6,9H,2,4,7-8H2,1H3. The van der Waals surface area contributed by atoms with Crippen molar-refractivity contribution < 1.29 is 4.52 Å². The minimum Gasteiger partial charge on any atom is -0.360 e. The average molecular weight is 296 g/mol. The Morgan fingerprint density at radius 2 is 1.95 bits per heavy atom. The molecule has 4 heteroatoms. The first kappa shape index (κ1) is 13.0. The number of hydrogen-bond acceptors (Lipinski definition) is 2. The van der Waals surface area contributed by atoms with Crippen LogP contribution in [-0.4, -0.2) is 5.16 Å². The maximum atomic E-state index is 6.27. The van der Waals surface area contributed by atoms with Crippen LogP contribution in [0.2, 0.25) is 10.0 Å². The average Bonchev–Trinajstić information content (AvgIpc) is 3.14. The third-order valence-electron chi connectivity index (χ3n) is 3.47. The van der Waals surface area contributed by atoms with E-state index in [1.165, 1.54) is 18.4 Å². The summed E-state index contributed by atoms with van der Waals surface area (Å²) in [6, 6.07) is 5.52. The van der Waals surface area contributed by atoms with Gasteiger partial charge in [0, 0.05) is 17.0 Å². The second-order valence-electron chi connectivity index (χ2n) is 4.99. The van der Waals surface area contributed by atoms with Crippen LogP contribution in [0, 0.1) is 0 Å². The Morgan fingerprint density at radius 1 is 1.26 bits per heavy atom. The van der Waals surface area contributed by atoms with Gasteiger partial charge in [0.05, 0.1) is 10.0 Å². The molecule has 1 aromatic carbocycles. The summed E-state index contributed by atoms with van der Waals surface area (Å²) in [6.07, 6.45) is 4.39. The lowest BCUT2D eigenvalue weighted by molar-refractivity contribution is 0.384. The predicted molar refractivity (Wildman–Crippen MR) is 77.9 cm³/mol. The van der Waals surface area contributed by atoms with Crippen LogP contribution < -0.4 is 0 Å². The molecule has 2 aromatic rings. The predicted octanol–water partition coefficient (Wildman–Crippen LogP) is 5.48. The van der Waals surface area contributed by atoms with E-state index >= 15 is 0 Å². The van der Waals surface area contributed by atoms with Gasteiger partial charge < -0.3 is 4.52 Å². The summed E-state index contributed by atoms with van der Waals surface area (Å²) in [6.45, 7) is 2.15. The SMILES string of the molecule is CCCc1c(-c2c(Cl)cccc2Cl)noc1C1CC1. The first-order valence-electron chi connectivity index (χ1n) is 6.65. The highest BCUT2D eigenvalue weighted by Gasteiger charge is 2.32. The number of hydrogen-bond donors (Lipinski definition) is 0. The summed E-state index contributed by atoms with van der Waals surface area (Å²) >= 11 is 12.5. The second kappa shape index (κ2) is 5.18. The molecule has 0 unspecified atom stereocenters. The van der Waals surface area contributed by atoms with E-state index in [1.807, 2.05) is 18.2 Å². The number of benzene rings is 1. The van der Waals surface area contributed by atoms with Crippen LogP contribution in [0.5, 0.6) is 0 Å². The van der Waals surface area contributed by atoms with Crippen molar-refractivity contribution in [2.75, 3.05) is 0 Å². The third-order valence-corrected chi connectivity index (χ3v) is 4.10. The lowest BCUT2D eigenvalue weighted by Crippen LogP contribution is -1.92. The summed E-state index contributed by atoms with van der Waals surface area (Å²) in [7, 11) is 0.